The molecule has 35 heavy (non-hydrogen) atoms. The van der Waals surface area contributed by atoms with Crippen molar-refractivity contribution < 1.29 is 14.4 Å². The van der Waals surface area contributed by atoms with E-state index in [-0.39, 0.29) is 24.1 Å². The molecule has 184 valence electrons. The maximum atomic E-state index is 13.0. The van der Waals surface area contributed by atoms with Crippen LogP contribution in [0.25, 0.3) is 0 Å². The Balaban J connectivity index is 1.20. The second kappa shape index (κ2) is 11.0. The fraction of sp³-hybridized carbons (Fsp3) is 0.464. The third-order valence-corrected chi connectivity index (χ3v) is 8.48. The molecule has 3 amide bonds. The van der Waals surface area contributed by atoms with E-state index >= 15 is 0 Å². The third-order valence-electron chi connectivity index (χ3n) is 7.31. The molecule has 0 aliphatic carbocycles. The van der Waals surface area contributed by atoms with Crippen LogP contribution in [-0.4, -0.2) is 46.7 Å². The van der Waals surface area contributed by atoms with Crippen LogP contribution in [0.15, 0.2) is 47.4 Å². The summed E-state index contributed by atoms with van der Waals surface area (Å²) >= 11 is 1.73. The summed E-state index contributed by atoms with van der Waals surface area (Å²) in [5.74, 6) is 0.0741. The van der Waals surface area contributed by atoms with Gasteiger partial charge in [0.1, 0.15) is 6.04 Å². The maximum absolute atomic E-state index is 13.0. The Morgan fingerprint density at radius 3 is 2.34 bits per heavy atom. The first-order valence-corrected chi connectivity index (χ1v) is 13.8. The number of amides is 3. The molecule has 2 aromatic rings. The number of nitrogens with zero attached hydrogens (tertiary/aromatic N) is 2. The second-order valence-electron chi connectivity index (χ2n) is 9.83. The standard InChI is InChI=1S/C28H33N3O3S/c32-26-14-13-24(27(33)29-26)31-18-23-22(28(31)34)7-6-8-25(23)35-19-21-11-9-20(10-12-21)17-30-15-4-2-1-3-5-16-30/h6-12,24H,1-5,13-19H2,(H,29,32,33). The molecule has 0 spiro atoms. The number of piperidine rings is 1. The van der Waals surface area contributed by atoms with Crippen LogP contribution in [0.1, 0.15) is 72.0 Å². The summed E-state index contributed by atoms with van der Waals surface area (Å²) in [6, 6.07) is 14.2. The minimum absolute atomic E-state index is 0.120. The van der Waals surface area contributed by atoms with E-state index in [1.807, 2.05) is 12.1 Å². The van der Waals surface area contributed by atoms with E-state index in [2.05, 4.69) is 40.5 Å². The minimum Gasteiger partial charge on any atom is -0.322 e. The number of thioether (sulfide) groups is 1. The largest absolute Gasteiger partial charge is 0.322 e. The van der Waals surface area contributed by atoms with Gasteiger partial charge in [0.05, 0.1) is 0 Å². The first-order chi connectivity index (χ1) is 17.1. The highest BCUT2D eigenvalue weighted by molar-refractivity contribution is 7.98. The number of imide groups is 1. The molecule has 2 aromatic carbocycles. The number of carbonyl (C=O) groups is 3. The zero-order valence-corrected chi connectivity index (χ0v) is 20.9. The highest BCUT2D eigenvalue weighted by atomic mass is 32.2. The molecule has 0 radical (unpaired) electrons. The lowest BCUT2D eigenvalue weighted by molar-refractivity contribution is -0.136. The van der Waals surface area contributed by atoms with Crippen LogP contribution in [0.5, 0.6) is 0 Å². The van der Waals surface area contributed by atoms with Gasteiger partial charge < -0.3 is 4.90 Å². The maximum Gasteiger partial charge on any atom is 0.255 e. The number of nitrogens with one attached hydrogen (secondary N) is 1. The first-order valence-electron chi connectivity index (χ1n) is 12.8. The number of hydrogen-bond acceptors (Lipinski definition) is 5. The summed E-state index contributed by atoms with van der Waals surface area (Å²) in [6.07, 6.45) is 7.36. The lowest BCUT2D eigenvalue weighted by Gasteiger charge is -2.29. The van der Waals surface area contributed by atoms with Crippen molar-refractivity contribution in [3.8, 4) is 0 Å². The predicted molar refractivity (Wildman–Crippen MR) is 137 cm³/mol. The van der Waals surface area contributed by atoms with Crippen molar-refractivity contribution in [2.45, 2.75) is 74.7 Å². The molecule has 3 heterocycles. The Morgan fingerprint density at radius 1 is 0.886 bits per heavy atom. The lowest BCUT2D eigenvalue weighted by atomic mass is 10.0. The van der Waals surface area contributed by atoms with Gasteiger partial charge in [0, 0.05) is 35.7 Å². The highest BCUT2D eigenvalue weighted by Crippen LogP contribution is 2.35. The highest BCUT2D eigenvalue weighted by Gasteiger charge is 2.39. The van der Waals surface area contributed by atoms with Crippen molar-refractivity contribution in [2.24, 2.45) is 0 Å². The number of likely N-dealkylation sites (tertiary alicyclic amines) is 1. The molecule has 5 rings (SSSR count). The zero-order valence-electron chi connectivity index (χ0n) is 20.1. The van der Waals surface area contributed by atoms with E-state index in [1.165, 1.54) is 56.3 Å². The van der Waals surface area contributed by atoms with E-state index < -0.39 is 6.04 Å². The first kappa shape index (κ1) is 24.1. The average molecular weight is 492 g/mol. The molecule has 1 atom stereocenters. The normalized spacial score (nSPS) is 21.4. The van der Waals surface area contributed by atoms with Gasteiger partial charge in [0.25, 0.3) is 5.91 Å². The Hall–Kier alpha value is -2.64. The Kier molecular flexibility index (Phi) is 7.54. The van der Waals surface area contributed by atoms with E-state index in [0.717, 1.165) is 22.8 Å². The quantitative estimate of drug-likeness (QED) is 0.476. The summed E-state index contributed by atoms with van der Waals surface area (Å²) in [4.78, 5) is 42.2. The minimum atomic E-state index is -0.577. The fourth-order valence-electron chi connectivity index (χ4n) is 5.32. The molecule has 1 N–H and O–H groups in total. The number of hydrogen-bond donors (Lipinski definition) is 1. The molecular weight excluding hydrogens is 458 g/mol. The van der Waals surface area contributed by atoms with E-state index in [0.29, 0.717) is 18.5 Å². The topological polar surface area (TPSA) is 69.7 Å². The van der Waals surface area contributed by atoms with Gasteiger partial charge in [-0.15, -0.1) is 11.8 Å². The lowest BCUT2D eigenvalue weighted by Crippen LogP contribution is -2.52. The Bertz CT molecular complexity index is 1090. The van der Waals surface area contributed by atoms with Gasteiger partial charge in [0.2, 0.25) is 11.8 Å². The van der Waals surface area contributed by atoms with Gasteiger partial charge in [-0.05, 0) is 61.2 Å². The summed E-state index contributed by atoms with van der Waals surface area (Å²) in [7, 11) is 0. The van der Waals surface area contributed by atoms with Gasteiger partial charge in [-0.2, -0.15) is 0 Å². The monoisotopic (exact) mass is 491 g/mol. The van der Waals surface area contributed by atoms with Crippen molar-refractivity contribution >= 4 is 29.5 Å². The Labute approximate surface area is 211 Å². The van der Waals surface area contributed by atoms with E-state index in [1.54, 1.807) is 16.7 Å². The van der Waals surface area contributed by atoms with Gasteiger partial charge in [0.15, 0.2) is 0 Å². The SMILES string of the molecule is O=C1CCC(N2Cc3c(SCc4ccc(CN5CCCCCCC5)cc4)cccc3C2=O)C(=O)N1. The fourth-order valence-corrected chi connectivity index (χ4v) is 6.36. The van der Waals surface area contributed by atoms with Crippen LogP contribution in [-0.2, 0) is 28.4 Å². The van der Waals surface area contributed by atoms with Gasteiger partial charge in [-0.25, -0.2) is 0 Å². The molecule has 3 aliphatic heterocycles. The van der Waals surface area contributed by atoms with Crippen LogP contribution >= 0.6 is 11.8 Å². The van der Waals surface area contributed by atoms with E-state index in [4.69, 9.17) is 0 Å². The van der Waals surface area contributed by atoms with Gasteiger partial charge in [-0.3, -0.25) is 24.6 Å². The number of fused-ring (bicyclic) bond motifs is 1. The molecule has 0 aromatic heterocycles. The van der Waals surface area contributed by atoms with Gasteiger partial charge >= 0.3 is 0 Å². The molecule has 0 saturated carbocycles. The van der Waals surface area contributed by atoms with E-state index in [9.17, 15) is 14.4 Å². The summed E-state index contributed by atoms with van der Waals surface area (Å²) in [5.41, 5.74) is 4.28. The van der Waals surface area contributed by atoms with Crippen LogP contribution in [0.2, 0.25) is 0 Å². The number of benzene rings is 2. The molecule has 7 heteroatoms. The van der Waals surface area contributed by atoms with Crippen molar-refractivity contribution in [3.05, 3.63) is 64.7 Å². The smallest absolute Gasteiger partial charge is 0.255 e. The summed E-state index contributed by atoms with van der Waals surface area (Å²) in [6.45, 7) is 3.84. The van der Waals surface area contributed by atoms with Crippen LogP contribution < -0.4 is 5.32 Å². The second-order valence-corrected chi connectivity index (χ2v) is 10.8. The zero-order chi connectivity index (χ0) is 24.2. The predicted octanol–water partition coefficient (Wildman–Crippen LogP) is 4.51. The molecule has 2 fully saturated rings. The van der Waals surface area contributed by atoms with Crippen LogP contribution in [0.3, 0.4) is 0 Å². The van der Waals surface area contributed by atoms with Crippen molar-refractivity contribution in [1.29, 1.82) is 0 Å². The molecular formula is C28H33N3O3S. The van der Waals surface area contributed by atoms with Crippen molar-refractivity contribution in [1.82, 2.24) is 15.1 Å². The third kappa shape index (κ3) is 5.62. The molecule has 3 aliphatic rings. The van der Waals surface area contributed by atoms with Crippen LogP contribution in [0.4, 0.5) is 0 Å². The van der Waals surface area contributed by atoms with Crippen LogP contribution in [0, 0.1) is 0 Å². The average Bonchev–Trinajstić information content (AvgIpc) is 3.17. The van der Waals surface area contributed by atoms with Crippen molar-refractivity contribution in [3.63, 3.8) is 0 Å². The Morgan fingerprint density at radius 2 is 1.60 bits per heavy atom. The number of carbonyl (C=O) groups excluding carboxylic acids is 3. The summed E-state index contributed by atoms with van der Waals surface area (Å²) < 4.78 is 0. The molecule has 6 nitrogen and oxygen atoms in total. The number of rotatable bonds is 6. The van der Waals surface area contributed by atoms with Crippen molar-refractivity contribution in [2.75, 3.05) is 13.1 Å². The molecule has 2 saturated heterocycles. The summed E-state index contributed by atoms with van der Waals surface area (Å²) in [5, 5.41) is 2.37. The van der Waals surface area contributed by atoms with Gasteiger partial charge in [-0.1, -0.05) is 49.6 Å². The molecule has 0 bridgehead atoms. The molecule has 1 unspecified atom stereocenters.